The lowest BCUT2D eigenvalue weighted by Gasteiger charge is -2.31. The highest BCUT2D eigenvalue weighted by atomic mass is 32.2. The van der Waals surface area contributed by atoms with Gasteiger partial charge in [0.1, 0.15) is 22.9 Å². The zero-order valence-corrected chi connectivity index (χ0v) is 14.9. The van der Waals surface area contributed by atoms with Gasteiger partial charge in [0.25, 0.3) is 15.9 Å². The molecule has 1 saturated heterocycles. The first-order valence-electron chi connectivity index (χ1n) is 7.54. The lowest BCUT2D eigenvalue weighted by molar-refractivity contribution is -0.0568. The standard InChI is InChI=1S/C14H14F4N4O2S2/c15-10-6-12(26(23,24)21-13-19-8-20-25-13)11(16)5-9(10)7-22-3-1-14(17,18)2-4-22/h5-6,8H,1-4,7H2,(H,19,20,21). The molecule has 0 saturated carbocycles. The number of benzene rings is 1. The molecule has 12 heteroatoms. The Bertz CT molecular complexity index is 881. The smallest absolute Gasteiger partial charge is 0.266 e. The summed E-state index contributed by atoms with van der Waals surface area (Å²) < 4.78 is 84.8. The highest BCUT2D eigenvalue weighted by Crippen LogP contribution is 2.29. The molecule has 0 radical (unpaired) electrons. The van der Waals surface area contributed by atoms with E-state index < -0.39 is 32.5 Å². The molecule has 1 aromatic heterocycles. The molecular formula is C14H14F4N4O2S2. The van der Waals surface area contributed by atoms with Crippen LogP contribution in [0.5, 0.6) is 0 Å². The zero-order chi connectivity index (χ0) is 18.9. The molecule has 0 atom stereocenters. The number of hydrogen-bond acceptors (Lipinski definition) is 6. The number of nitrogens with one attached hydrogen (secondary N) is 1. The minimum Gasteiger partial charge on any atom is -0.299 e. The van der Waals surface area contributed by atoms with Crippen LogP contribution in [-0.2, 0) is 16.6 Å². The van der Waals surface area contributed by atoms with Gasteiger partial charge < -0.3 is 0 Å². The second-order valence-corrected chi connectivity index (χ2v) is 8.29. The molecule has 2 aromatic rings. The van der Waals surface area contributed by atoms with Crippen LogP contribution >= 0.6 is 11.5 Å². The molecule has 0 aliphatic carbocycles. The molecule has 2 heterocycles. The molecule has 0 amide bonds. The summed E-state index contributed by atoms with van der Waals surface area (Å²) in [5.41, 5.74) is -0.0948. The molecule has 0 spiro atoms. The van der Waals surface area contributed by atoms with E-state index in [-0.39, 0.29) is 43.2 Å². The molecule has 26 heavy (non-hydrogen) atoms. The molecule has 0 unspecified atom stereocenters. The second kappa shape index (κ2) is 7.08. The third kappa shape index (κ3) is 4.30. The summed E-state index contributed by atoms with van der Waals surface area (Å²) in [6.07, 6.45) is 0.412. The van der Waals surface area contributed by atoms with Crippen molar-refractivity contribution in [1.82, 2.24) is 14.3 Å². The summed E-state index contributed by atoms with van der Waals surface area (Å²) in [5.74, 6) is -4.81. The Kier molecular flexibility index (Phi) is 5.17. The fourth-order valence-electron chi connectivity index (χ4n) is 2.56. The maximum absolute atomic E-state index is 14.3. The largest absolute Gasteiger partial charge is 0.299 e. The lowest BCUT2D eigenvalue weighted by Crippen LogP contribution is -2.39. The van der Waals surface area contributed by atoms with Crippen molar-refractivity contribution in [3.63, 3.8) is 0 Å². The average molecular weight is 410 g/mol. The third-order valence-corrected chi connectivity index (χ3v) is 6.02. The van der Waals surface area contributed by atoms with Crippen molar-refractivity contribution in [2.45, 2.75) is 30.2 Å². The number of likely N-dealkylation sites (tertiary alicyclic amines) is 1. The number of hydrogen-bond donors (Lipinski definition) is 1. The molecule has 1 aromatic carbocycles. The van der Waals surface area contributed by atoms with Gasteiger partial charge in [-0.1, -0.05) is 0 Å². The van der Waals surface area contributed by atoms with E-state index in [2.05, 4.69) is 9.36 Å². The van der Waals surface area contributed by atoms with Gasteiger partial charge in [0, 0.05) is 49.6 Å². The topological polar surface area (TPSA) is 75.2 Å². The number of aromatic nitrogens is 2. The van der Waals surface area contributed by atoms with Crippen molar-refractivity contribution in [2.24, 2.45) is 0 Å². The summed E-state index contributed by atoms with van der Waals surface area (Å²) in [7, 11) is -4.37. The first-order chi connectivity index (χ1) is 12.2. The van der Waals surface area contributed by atoms with E-state index in [4.69, 9.17) is 0 Å². The highest BCUT2D eigenvalue weighted by Gasteiger charge is 2.34. The Hall–Kier alpha value is -1.79. The average Bonchev–Trinajstić information content (AvgIpc) is 3.04. The van der Waals surface area contributed by atoms with Crippen LogP contribution in [-0.4, -0.2) is 41.7 Å². The molecule has 3 rings (SSSR count). The molecule has 0 bridgehead atoms. The number of nitrogens with zero attached hydrogens (tertiary/aromatic N) is 3. The van der Waals surface area contributed by atoms with Crippen molar-refractivity contribution in [1.29, 1.82) is 0 Å². The quantitative estimate of drug-likeness (QED) is 0.768. The van der Waals surface area contributed by atoms with E-state index in [1.165, 1.54) is 0 Å². The van der Waals surface area contributed by atoms with Crippen LogP contribution < -0.4 is 4.72 Å². The third-order valence-electron chi connectivity index (χ3n) is 3.95. The zero-order valence-electron chi connectivity index (χ0n) is 13.3. The van der Waals surface area contributed by atoms with Crippen LogP contribution in [0.3, 0.4) is 0 Å². The van der Waals surface area contributed by atoms with Gasteiger partial charge in [0.15, 0.2) is 0 Å². The van der Waals surface area contributed by atoms with E-state index >= 15 is 0 Å². The molecule has 6 nitrogen and oxygen atoms in total. The summed E-state index contributed by atoms with van der Waals surface area (Å²) in [6, 6.07) is 1.35. The van der Waals surface area contributed by atoms with Crippen molar-refractivity contribution in [2.75, 3.05) is 17.8 Å². The number of piperidine rings is 1. The summed E-state index contributed by atoms with van der Waals surface area (Å²) in [5, 5.41) is -0.0804. The number of sulfonamides is 1. The van der Waals surface area contributed by atoms with Crippen molar-refractivity contribution < 1.29 is 26.0 Å². The lowest BCUT2D eigenvalue weighted by atomic mass is 10.1. The summed E-state index contributed by atoms with van der Waals surface area (Å²) in [6.45, 7) is 0.0163. The van der Waals surface area contributed by atoms with Crippen molar-refractivity contribution in [3.8, 4) is 0 Å². The second-order valence-electron chi connectivity index (χ2n) is 5.86. The summed E-state index contributed by atoms with van der Waals surface area (Å²) in [4.78, 5) is 4.33. The van der Waals surface area contributed by atoms with Crippen LogP contribution in [0.25, 0.3) is 0 Å². The van der Waals surface area contributed by atoms with Gasteiger partial charge in [-0.25, -0.2) is 31.0 Å². The van der Waals surface area contributed by atoms with Crippen LogP contribution in [0.1, 0.15) is 18.4 Å². The highest BCUT2D eigenvalue weighted by molar-refractivity contribution is 7.93. The van der Waals surface area contributed by atoms with Crippen molar-refractivity contribution >= 4 is 26.7 Å². The fraction of sp³-hybridized carbons (Fsp3) is 0.429. The first kappa shape index (κ1) is 19.0. The molecule has 1 aliphatic heterocycles. The number of rotatable bonds is 5. The summed E-state index contributed by atoms with van der Waals surface area (Å²) >= 11 is 0.745. The van der Waals surface area contributed by atoms with Crippen LogP contribution in [0, 0.1) is 11.6 Å². The number of anilines is 1. The predicted molar refractivity (Wildman–Crippen MR) is 86.5 cm³/mol. The van der Waals surface area contributed by atoms with E-state index in [0.717, 1.165) is 23.9 Å². The minimum absolute atomic E-state index is 0.0483. The molecule has 1 fully saturated rings. The van der Waals surface area contributed by atoms with Crippen LogP contribution in [0.4, 0.5) is 22.7 Å². The van der Waals surface area contributed by atoms with Gasteiger partial charge in [-0.3, -0.25) is 9.62 Å². The van der Waals surface area contributed by atoms with Gasteiger partial charge >= 0.3 is 0 Å². The Morgan fingerprint density at radius 3 is 2.50 bits per heavy atom. The number of halogens is 4. The van der Waals surface area contributed by atoms with Gasteiger partial charge in [-0.15, -0.1) is 0 Å². The minimum atomic E-state index is -4.37. The predicted octanol–water partition coefficient (Wildman–Crippen LogP) is 2.85. The van der Waals surface area contributed by atoms with Gasteiger partial charge in [-0.2, -0.15) is 4.37 Å². The SMILES string of the molecule is O=S(=O)(Nc1ncns1)c1cc(F)c(CN2CCC(F)(F)CC2)cc1F. The Labute approximate surface area is 151 Å². The molecule has 142 valence electrons. The van der Waals surface area contributed by atoms with E-state index in [9.17, 15) is 26.0 Å². The number of alkyl halides is 2. The monoisotopic (exact) mass is 410 g/mol. The van der Waals surface area contributed by atoms with Crippen molar-refractivity contribution in [3.05, 3.63) is 35.7 Å². The van der Waals surface area contributed by atoms with E-state index in [0.29, 0.717) is 6.07 Å². The normalized spacial score (nSPS) is 18.0. The molecular weight excluding hydrogens is 396 g/mol. The molecule has 1 aliphatic rings. The maximum Gasteiger partial charge on any atom is 0.266 e. The Morgan fingerprint density at radius 2 is 1.88 bits per heavy atom. The van der Waals surface area contributed by atoms with E-state index in [1.54, 1.807) is 4.90 Å². The van der Waals surface area contributed by atoms with Crippen LogP contribution in [0.2, 0.25) is 0 Å². The van der Waals surface area contributed by atoms with Gasteiger partial charge in [0.05, 0.1) is 0 Å². The van der Waals surface area contributed by atoms with Gasteiger partial charge in [-0.05, 0) is 12.1 Å². The van der Waals surface area contributed by atoms with E-state index in [1.807, 2.05) is 4.72 Å². The first-order valence-corrected chi connectivity index (χ1v) is 9.79. The maximum atomic E-state index is 14.3. The fourth-order valence-corrected chi connectivity index (χ4v) is 4.30. The van der Waals surface area contributed by atoms with Gasteiger partial charge in [0.2, 0.25) is 5.13 Å². The molecule has 1 N–H and O–H groups in total. The Morgan fingerprint density at radius 1 is 1.19 bits per heavy atom. The Balaban J connectivity index is 1.78. The van der Waals surface area contributed by atoms with Crippen LogP contribution in [0.15, 0.2) is 23.4 Å².